The molecule has 1 aliphatic rings. The van der Waals surface area contributed by atoms with Gasteiger partial charge in [0, 0.05) is 17.1 Å². The van der Waals surface area contributed by atoms with Crippen LogP contribution < -0.4 is 4.74 Å². The van der Waals surface area contributed by atoms with Gasteiger partial charge in [-0.05, 0) is 18.6 Å². The van der Waals surface area contributed by atoms with Crippen LogP contribution in [0.3, 0.4) is 0 Å². The standard InChI is InChI=1S/C17H20O5/c1-11(12-7-5-6-8-13(12)20-4)9-14(18)22-15-16(19)21-10-17(15,2)3/h5-9,15H,10H2,1-4H3/b11-9+/t15-/m0/s1. The van der Waals surface area contributed by atoms with Crippen molar-refractivity contribution in [3.05, 3.63) is 35.9 Å². The summed E-state index contributed by atoms with van der Waals surface area (Å²) < 4.78 is 15.5. The minimum absolute atomic E-state index is 0.249. The van der Waals surface area contributed by atoms with Gasteiger partial charge in [-0.1, -0.05) is 32.0 Å². The predicted molar refractivity (Wildman–Crippen MR) is 81.3 cm³/mol. The summed E-state index contributed by atoms with van der Waals surface area (Å²) in [5.41, 5.74) is 0.987. The summed E-state index contributed by atoms with van der Waals surface area (Å²) >= 11 is 0. The van der Waals surface area contributed by atoms with Crippen LogP contribution in [0.25, 0.3) is 5.57 Å². The summed E-state index contributed by atoms with van der Waals surface area (Å²) in [6.45, 7) is 5.69. The van der Waals surface area contributed by atoms with Crippen LogP contribution in [0.1, 0.15) is 26.3 Å². The summed E-state index contributed by atoms with van der Waals surface area (Å²) in [6, 6.07) is 7.38. The van der Waals surface area contributed by atoms with E-state index >= 15 is 0 Å². The molecule has 1 aromatic carbocycles. The van der Waals surface area contributed by atoms with E-state index in [1.807, 2.05) is 38.1 Å². The highest BCUT2D eigenvalue weighted by molar-refractivity contribution is 5.93. The highest BCUT2D eigenvalue weighted by Crippen LogP contribution is 2.31. The Bertz CT molecular complexity index is 615. The monoisotopic (exact) mass is 304 g/mol. The molecule has 1 aliphatic heterocycles. The largest absolute Gasteiger partial charge is 0.496 e. The third kappa shape index (κ3) is 3.30. The van der Waals surface area contributed by atoms with Crippen molar-refractivity contribution in [2.24, 2.45) is 5.41 Å². The van der Waals surface area contributed by atoms with E-state index < -0.39 is 23.5 Å². The normalized spacial score (nSPS) is 20.5. The van der Waals surface area contributed by atoms with Crippen LogP contribution in [0, 0.1) is 5.41 Å². The molecular weight excluding hydrogens is 284 g/mol. The fourth-order valence-electron chi connectivity index (χ4n) is 2.31. The fraction of sp³-hybridized carbons (Fsp3) is 0.412. The summed E-state index contributed by atoms with van der Waals surface area (Å²) in [6.07, 6.45) is 0.487. The summed E-state index contributed by atoms with van der Waals surface area (Å²) in [7, 11) is 1.57. The lowest BCUT2D eigenvalue weighted by molar-refractivity contribution is -0.159. The molecule has 0 bridgehead atoms. The Labute approximate surface area is 129 Å². The average Bonchev–Trinajstić information content (AvgIpc) is 2.74. The first-order valence-electron chi connectivity index (χ1n) is 7.04. The summed E-state index contributed by atoms with van der Waals surface area (Å²) in [5.74, 6) is -0.397. The van der Waals surface area contributed by atoms with Crippen LogP contribution in [0.2, 0.25) is 0 Å². The van der Waals surface area contributed by atoms with Gasteiger partial charge in [0.05, 0.1) is 7.11 Å². The fourth-order valence-corrected chi connectivity index (χ4v) is 2.31. The van der Waals surface area contributed by atoms with Gasteiger partial charge in [0.25, 0.3) is 0 Å². The first-order chi connectivity index (χ1) is 10.3. The molecule has 0 radical (unpaired) electrons. The van der Waals surface area contributed by atoms with Crippen molar-refractivity contribution in [2.45, 2.75) is 26.9 Å². The Morgan fingerprint density at radius 1 is 1.36 bits per heavy atom. The predicted octanol–water partition coefficient (Wildman–Crippen LogP) is 2.59. The zero-order valence-electron chi connectivity index (χ0n) is 13.2. The van der Waals surface area contributed by atoms with Gasteiger partial charge < -0.3 is 14.2 Å². The van der Waals surface area contributed by atoms with Gasteiger partial charge in [-0.15, -0.1) is 0 Å². The number of allylic oxidation sites excluding steroid dienone is 1. The molecule has 5 nitrogen and oxygen atoms in total. The second-order valence-electron chi connectivity index (χ2n) is 5.94. The molecule has 0 aliphatic carbocycles. The van der Waals surface area contributed by atoms with Crippen LogP contribution in [0.15, 0.2) is 30.3 Å². The van der Waals surface area contributed by atoms with Crippen molar-refractivity contribution in [1.82, 2.24) is 0 Å². The van der Waals surface area contributed by atoms with Crippen LogP contribution in [-0.2, 0) is 19.1 Å². The third-order valence-corrected chi connectivity index (χ3v) is 3.61. The van der Waals surface area contributed by atoms with E-state index in [0.717, 1.165) is 5.56 Å². The van der Waals surface area contributed by atoms with Crippen LogP contribution in [-0.4, -0.2) is 31.8 Å². The summed E-state index contributed by atoms with van der Waals surface area (Å²) in [4.78, 5) is 23.7. The zero-order valence-corrected chi connectivity index (χ0v) is 13.2. The Kier molecular flexibility index (Phi) is 4.54. The molecule has 0 spiro atoms. The van der Waals surface area contributed by atoms with E-state index in [4.69, 9.17) is 14.2 Å². The molecule has 0 amide bonds. The van der Waals surface area contributed by atoms with Crippen molar-refractivity contribution in [2.75, 3.05) is 13.7 Å². The van der Waals surface area contributed by atoms with Crippen LogP contribution in [0.4, 0.5) is 0 Å². The number of rotatable bonds is 4. The number of benzene rings is 1. The second kappa shape index (κ2) is 6.22. The molecule has 1 saturated heterocycles. The first-order valence-corrected chi connectivity index (χ1v) is 7.04. The van der Waals surface area contributed by atoms with Gasteiger partial charge in [0.2, 0.25) is 6.10 Å². The van der Waals surface area contributed by atoms with Crippen molar-refractivity contribution < 1.29 is 23.8 Å². The van der Waals surface area contributed by atoms with Crippen molar-refractivity contribution in [3.8, 4) is 5.75 Å². The summed E-state index contributed by atoms with van der Waals surface area (Å²) in [5, 5.41) is 0. The Morgan fingerprint density at radius 2 is 2.05 bits per heavy atom. The number of esters is 2. The Hall–Kier alpha value is -2.30. The molecule has 0 saturated carbocycles. The average molecular weight is 304 g/mol. The number of cyclic esters (lactones) is 1. The highest BCUT2D eigenvalue weighted by Gasteiger charge is 2.46. The number of carbonyl (C=O) groups excluding carboxylic acids is 2. The van der Waals surface area contributed by atoms with E-state index in [2.05, 4.69) is 0 Å². The van der Waals surface area contributed by atoms with E-state index in [0.29, 0.717) is 11.3 Å². The maximum atomic E-state index is 12.1. The van der Waals surface area contributed by atoms with Gasteiger partial charge >= 0.3 is 11.9 Å². The number of hydrogen-bond acceptors (Lipinski definition) is 5. The number of para-hydroxylation sites is 1. The molecule has 5 heteroatoms. The van der Waals surface area contributed by atoms with Crippen molar-refractivity contribution >= 4 is 17.5 Å². The number of methoxy groups -OCH3 is 1. The SMILES string of the molecule is COc1ccccc1/C(C)=C/C(=O)O[C@H]1C(=O)OCC1(C)C. The minimum Gasteiger partial charge on any atom is -0.496 e. The lowest BCUT2D eigenvalue weighted by atomic mass is 9.90. The second-order valence-corrected chi connectivity index (χ2v) is 5.94. The van der Waals surface area contributed by atoms with Crippen molar-refractivity contribution in [3.63, 3.8) is 0 Å². The smallest absolute Gasteiger partial charge is 0.348 e. The molecule has 1 fully saturated rings. The zero-order chi connectivity index (χ0) is 16.3. The molecule has 1 aromatic rings. The lowest BCUT2D eigenvalue weighted by Crippen LogP contribution is -2.34. The van der Waals surface area contributed by atoms with Gasteiger partial charge in [-0.3, -0.25) is 0 Å². The minimum atomic E-state index is -0.873. The Morgan fingerprint density at radius 3 is 2.64 bits per heavy atom. The van der Waals surface area contributed by atoms with E-state index in [-0.39, 0.29) is 6.61 Å². The van der Waals surface area contributed by atoms with E-state index in [1.54, 1.807) is 14.0 Å². The quantitative estimate of drug-likeness (QED) is 0.632. The third-order valence-electron chi connectivity index (χ3n) is 3.61. The molecular formula is C17H20O5. The van der Waals surface area contributed by atoms with Gasteiger partial charge in [-0.25, -0.2) is 9.59 Å². The molecule has 1 atom stereocenters. The number of hydrogen-bond donors (Lipinski definition) is 0. The molecule has 2 rings (SSSR count). The van der Waals surface area contributed by atoms with Crippen molar-refractivity contribution in [1.29, 1.82) is 0 Å². The number of carbonyl (C=O) groups is 2. The van der Waals surface area contributed by atoms with Gasteiger partial charge in [0.15, 0.2) is 0 Å². The topological polar surface area (TPSA) is 61.8 Å². The van der Waals surface area contributed by atoms with E-state index in [9.17, 15) is 9.59 Å². The maximum Gasteiger partial charge on any atom is 0.348 e. The number of ether oxygens (including phenoxy) is 3. The van der Waals surface area contributed by atoms with Gasteiger partial charge in [0.1, 0.15) is 12.4 Å². The first kappa shape index (κ1) is 16.1. The van der Waals surface area contributed by atoms with E-state index in [1.165, 1.54) is 6.08 Å². The Balaban J connectivity index is 2.15. The molecule has 22 heavy (non-hydrogen) atoms. The van der Waals surface area contributed by atoms with Crippen LogP contribution in [0.5, 0.6) is 5.75 Å². The molecule has 118 valence electrons. The molecule has 0 N–H and O–H groups in total. The lowest BCUT2D eigenvalue weighted by Gasteiger charge is -2.21. The van der Waals surface area contributed by atoms with Gasteiger partial charge in [-0.2, -0.15) is 0 Å². The highest BCUT2D eigenvalue weighted by atomic mass is 16.6. The molecule has 0 unspecified atom stereocenters. The maximum absolute atomic E-state index is 12.1. The molecule has 0 aromatic heterocycles. The molecule has 1 heterocycles. The van der Waals surface area contributed by atoms with Crippen LogP contribution >= 0.6 is 0 Å².